The van der Waals surface area contributed by atoms with Crippen molar-refractivity contribution < 1.29 is 14.7 Å². The van der Waals surface area contributed by atoms with Crippen molar-refractivity contribution in [3.8, 4) is 0 Å². The molecule has 0 aromatic carbocycles. The first-order valence-electron chi connectivity index (χ1n) is 5.92. The van der Waals surface area contributed by atoms with Crippen LogP contribution in [0.5, 0.6) is 0 Å². The highest BCUT2D eigenvalue weighted by atomic mass is 16.4. The Balaban J connectivity index is 2.43. The average molecular weight is 250 g/mol. The fraction of sp³-hybridized carbons (Fsp3) is 0.462. The molecule has 1 heterocycles. The van der Waals surface area contributed by atoms with Gasteiger partial charge in [0.1, 0.15) is 5.92 Å². The van der Waals surface area contributed by atoms with Gasteiger partial charge in [0.2, 0.25) is 5.91 Å². The van der Waals surface area contributed by atoms with E-state index in [4.69, 9.17) is 5.11 Å². The first-order chi connectivity index (χ1) is 8.52. The average Bonchev–Trinajstić information content (AvgIpc) is 2.29. The van der Waals surface area contributed by atoms with Crippen molar-refractivity contribution >= 4 is 11.9 Å². The number of nitrogens with one attached hydrogen (secondary N) is 1. The number of rotatable bonds is 6. The molecule has 0 spiro atoms. The molecule has 0 fully saturated rings. The van der Waals surface area contributed by atoms with Crippen molar-refractivity contribution in [2.45, 2.75) is 20.3 Å². The predicted octanol–water partition coefficient (Wildman–Crippen LogP) is 1.10. The Bertz CT molecular complexity index is 404. The highest BCUT2D eigenvalue weighted by Crippen LogP contribution is 2.11. The van der Waals surface area contributed by atoms with Gasteiger partial charge in [-0.2, -0.15) is 0 Å². The second-order valence-electron chi connectivity index (χ2n) is 4.42. The van der Waals surface area contributed by atoms with E-state index in [9.17, 15) is 9.59 Å². The molecule has 0 aliphatic carbocycles. The van der Waals surface area contributed by atoms with E-state index in [-0.39, 0.29) is 5.92 Å². The summed E-state index contributed by atoms with van der Waals surface area (Å²) in [4.78, 5) is 26.8. The van der Waals surface area contributed by atoms with E-state index in [0.717, 1.165) is 5.69 Å². The lowest BCUT2D eigenvalue weighted by Crippen LogP contribution is -2.39. The van der Waals surface area contributed by atoms with Gasteiger partial charge in [-0.05, 0) is 18.1 Å². The molecular formula is C13H18N2O3. The summed E-state index contributed by atoms with van der Waals surface area (Å²) in [5.41, 5.74) is 0.870. The number of pyridine rings is 1. The van der Waals surface area contributed by atoms with Gasteiger partial charge in [-0.25, -0.2) is 0 Å². The van der Waals surface area contributed by atoms with Gasteiger partial charge in [-0.1, -0.05) is 19.9 Å². The van der Waals surface area contributed by atoms with Crippen molar-refractivity contribution in [3.05, 3.63) is 30.1 Å². The molecule has 0 radical (unpaired) electrons. The standard InChI is InChI=1S/C13H18N2O3/c1-9(2)11(13(17)18)12(16)15-8-6-10-5-3-4-7-14-10/h3-5,7,9,11H,6,8H2,1-2H3,(H,15,16)(H,17,18). The summed E-state index contributed by atoms with van der Waals surface area (Å²) in [5, 5.41) is 11.6. The van der Waals surface area contributed by atoms with Crippen LogP contribution in [-0.4, -0.2) is 28.5 Å². The Morgan fingerprint density at radius 1 is 1.39 bits per heavy atom. The summed E-state index contributed by atoms with van der Waals surface area (Å²) in [7, 11) is 0. The zero-order chi connectivity index (χ0) is 13.5. The quantitative estimate of drug-likeness (QED) is 0.741. The molecule has 0 aliphatic heterocycles. The second kappa shape index (κ2) is 6.74. The SMILES string of the molecule is CC(C)C(C(=O)O)C(=O)NCCc1ccccn1. The first-order valence-corrected chi connectivity index (χ1v) is 5.92. The van der Waals surface area contributed by atoms with E-state index in [2.05, 4.69) is 10.3 Å². The minimum absolute atomic E-state index is 0.225. The number of carbonyl (C=O) groups is 2. The third kappa shape index (κ3) is 4.16. The van der Waals surface area contributed by atoms with Crippen molar-refractivity contribution in [1.29, 1.82) is 0 Å². The van der Waals surface area contributed by atoms with Crippen molar-refractivity contribution in [3.63, 3.8) is 0 Å². The molecule has 0 bridgehead atoms. The lowest BCUT2D eigenvalue weighted by molar-refractivity contribution is -0.148. The van der Waals surface area contributed by atoms with E-state index in [1.54, 1.807) is 20.0 Å². The Hall–Kier alpha value is -1.91. The van der Waals surface area contributed by atoms with E-state index < -0.39 is 17.8 Å². The number of carboxylic acid groups (broad SMARTS) is 1. The highest BCUT2D eigenvalue weighted by molar-refractivity contribution is 5.97. The molecule has 98 valence electrons. The maximum atomic E-state index is 11.7. The molecule has 0 saturated carbocycles. The normalized spacial score (nSPS) is 12.2. The fourth-order valence-electron chi connectivity index (χ4n) is 1.67. The lowest BCUT2D eigenvalue weighted by Gasteiger charge is -2.15. The summed E-state index contributed by atoms with van der Waals surface area (Å²) in [6.07, 6.45) is 2.28. The summed E-state index contributed by atoms with van der Waals surface area (Å²) >= 11 is 0. The summed E-state index contributed by atoms with van der Waals surface area (Å²) in [5.74, 6) is -2.74. The number of carbonyl (C=O) groups excluding carboxylic acids is 1. The van der Waals surface area contributed by atoms with Crippen LogP contribution in [0.2, 0.25) is 0 Å². The second-order valence-corrected chi connectivity index (χ2v) is 4.42. The largest absolute Gasteiger partial charge is 0.481 e. The first kappa shape index (κ1) is 14.2. The number of amides is 1. The summed E-state index contributed by atoms with van der Waals surface area (Å²) in [6.45, 7) is 3.83. The predicted molar refractivity (Wildman–Crippen MR) is 66.9 cm³/mol. The zero-order valence-corrected chi connectivity index (χ0v) is 10.6. The maximum absolute atomic E-state index is 11.7. The van der Waals surface area contributed by atoms with Crippen LogP contribution >= 0.6 is 0 Å². The van der Waals surface area contributed by atoms with E-state index >= 15 is 0 Å². The van der Waals surface area contributed by atoms with Gasteiger partial charge < -0.3 is 10.4 Å². The summed E-state index contributed by atoms with van der Waals surface area (Å²) in [6, 6.07) is 5.56. The van der Waals surface area contributed by atoms with Crippen molar-refractivity contribution in [2.75, 3.05) is 6.54 Å². The van der Waals surface area contributed by atoms with Gasteiger partial charge >= 0.3 is 5.97 Å². The van der Waals surface area contributed by atoms with Gasteiger partial charge in [-0.3, -0.25) is 14.6 Å². The lowest BCUT2D eigenvalue weighted by atomic mass is 9.95. The molecular weight excluding hydrogens is 232 g/mol. The van der Waals surface area contributed by atoms with Crippen LogP contribution in [0.4, 0.5) is 0 Å². The third-order valence-corrected chi connectivity index (χ3v) is 2.62. The minimum Gasteiger partial charge on any atom is -0.481 e. The monoisotopic (exact) mass is 250 g/mol. The van der Waals surface area contributed by atoms with Gasteiger partial charge in [0.25, 0.3) is 0 Å². The molecule has 1 amide bonds. The molecule has 5 heteroatoms. The Morgan fingerprint density at radius 2 is 2.11 bits per heavy atom. The van der Waals surface area contributed by atoms with E-state index in [1.165, 1.54) is 0 Å². The number of aromatic nitrogens is 1. The molecule has 2 N–H and O–H groups in total. The molecule has 1 rings (SSSR count). The van der Waals surface area contributed by atoms with Gasteiger partial charge in [0.05, 0.1) is 0 Å². The number of carboxylic acids is 1. The topological polar surface area (TPSA) is 79.3 Å². The van der Waals surface area contributed by atoms with E-state index in [0.29, 0.717) is 13.0 Å². The minimum atomic E-state index is -1.08. The Morgan fingerprint density at radius 3 is 2.61 bits per heavy atom. The fourth-order valence-corrected chi connectivity index (χ4v) is 1.67. The molecule has 0 aliphatic rings. The number of hydrogen-bond acceptors (Lipinski definition) is 3. The van der Waals surface area contributed by atoms with Crippen molar-refractivity contribution in [2.24, 2.45) is 11.8 Å². The van der Waals surface area contributed by atoms with Crippen LogP contribution in [0, 0.1) is 11.8 Å². The summed E-state index contributed by atoms with van der Waals surface area (Å²) < 4.78 is 0. The Labute approximate surface area is 106 Å². The van der Waals surface area contributed by atoms with Crippen LogP contribution in [0.15, 0.2) is 24.4 Å². The smallest absolute Gasteiger partial charge is 0.316 e. The zero-order valence-electron chi connectivity index (χ0n) is 10.6. The van der Waals surface area contributed by atoms with Crippen LogP contribution in [-0.2, 0) is 16.0 Å². The number of hydrogen-bond donors (Lipinski definition) is 2. The number of nitrogens with zero attached hydrogens (tertiary/aromatic N) is 1. The third-order valence-electron chi connectivity index (χ3n) is 2.62. The molecule has 5 nitrogen and oxygen atoms in total. The molecule has 1 aromatic heterocycles. The van der Waals surface area contributed by atoms with Crippen LogP contribution in [0.25, 0.3) is 0 Å². The van der Waals surface area contributed by atoms with Crippen LogP contribution in [0.3, 0.4) is 0 Å². The molecule has 18 heavy (non-hydrogen) atoms. The molecule has 1 atom stereocenters. The van der Waals surface area contributed by atoms with Gasteiger partial charge in [0, 0.05) is 24.9 Å². The van der Waals surface area contributed by atoms with Gasteiger partial charge in [0.15, 0.2) is 0 Å². The van der Waals surface area contributed by atoms with E-state index in [1.807, 2.05) is 18.2 Å². The molecule has 1 unspecified atom stereocenters. The van der Waals surface area contributed by atoms with Crippen LogP contribution in [0.1, 0.15) is 19.5 Å². The van der Waals surface area contributed by atoms with Crippen LogP contribution < -0.4 is 5.32 Å². The van der Waals surface area contributed by atoms with Crippen molar-refractivity contribution in [1.82, 2.24) is 10.3 Å². The maximum Gasteiger partial charge on any atom is 0.316 e. The number of aliphatic carboxylic acids is 1. The Kier molecular flexibility index (Phi) is 5.30. The molecule has 1 aromatic rings. The molecule has 0 saturated heterocycles. The van der Waals surface area contributed by atoms with Gasteiger partial charge in [-0.15, -0.1) is 0 Å². The highest BCUT2D eigenvalue weighted by Gasteiger charge is 2.28.